The summed E-state index contributed by atoms with van der Waals surface area (Å²) in [5.41, 5.74) is 10.9. The molecule has 56 valence electrons. The van der Waals surface area contributed by atoms with E-state index < -0.39 is 0 Å². The minimum Gasteiger partial charge on any atom is -0.455 e. The minimum absolute atomic E-state index is 0.0881. The van der Waals surface area contributed by atoms with Gasteiger partial charge in [0.2, 0.25) is 0 Å². The quantitative estimate of drug-likeness (QED) is 0.427. The molecule has 2 aliphatic heterocycles. The number of hydrogen-bond donors (Lipinski definition) is 2. The molecule has 1 saturated heterocycles. The third-order valence-electron chi connectivity index (χ3n) is 1.67. The number of nitrogens with zero attached hydrogens (tertiary/aromatic N) is 1. The SMILES string of the molecule is NC1=NC2OCC(N)C2O1. The summed E-state index contributed by atoms with van der Waals surface area (Å²) >= 11 is 0. The Labute approximate surface area is 58.0 Å². The first-order valence-electron chi connectivity index (χ1n) is 3.14. The van der Waals surface area contributed by atoms with Crippen LogP contribution in [0.2, 0.25) is 0 Å². The van der Waals surface area contributed by atoms with Crippen LogP contribution >= 0.6 is 0 Å². The van der Waals surface area contributed by atoms with Gasteiger partial charge in [0.15, 0.2) is 12.3 Å². The number of ether oxygens (including phenoxy) is 2. The van der Waals surface area contributed by atoms with Crippen LogP contribution in [0.3, 0.4) is 0 Å². The molecule has 10 heavy (non-hydrogen) atoms. The highest BCUT2D eigenvalue weighted by atomic mass is 16.6. The average Bonchev–Trinajstić information content (AvgIpc) is 2.35. The van der Waals surface area contributed by atoms with Crippen molar-refractivity contribution in [2.75, 3.05) is 6.61 Å². The van der Waals surface area contributed by atoms with E-state index in [2.05, 4.69) is 4.99 Å². The van der Waals surface area contributed by atoms with Gasteiger partial charge in [-0.15, -0.1) is 0 Å². The zero-order valence-electron chi connectivity index (χ0n) is 5.36. The third kappa shape index (κ3) is 0.676. The molecular formula is C5H9N3O2. The van der Waals surface area contributed by atoms with Crippen molar-refractivity contribution < 1.29 is 9.47 Å². The van der Waals surface area contributed by atoms with Crippen molar-refractivity contribution in [2.45, 2.75) is 18.4 Å². The Morgan fingerprint density at radius 1 is 1.60 bits per heavy atom. The Bertz CT molecular complexity index is 182. The molecule has 4 N–H and O–H groups in total. The van der Waals surface area contributed by atoms with Gasteiger partial charge in [-0.1, -0.05) is 0 Å². The Morgan fingerprint density at radius 3 is 3.10 bits per heavy atom. The number of rotatable bonds is 0. The summed E-state index contributed by atoms with van der Waals surface area (Å²) in [6, 6.07) is 0.0972. The highest BCUT2D eigenvalue weighted by Gasteiger charge is 2.41. The first-order chi connectivity index (χ1) is 4.77. The van der Waals surface area contributed by atoms with E-state index in [4.69, 9.17) is 20.9 Å². The highest BCUT2D eigenvalue weighted by molar-refractivity contribution is 5.73. The molecule has 0 aromatic rings. The number of fused-ring (bicyclic) bond motifs is 1. The zero-order chi connectivity index (χ0) is 7.14. The van der Waals surface area contributed by atoms with E-state index >= 15 is 0 Å². The van der Waals surface area contributed by atoms with Crippen LogP contribution < -0.4 is 11.5 Å². The molecule has 0 aromatic heterocycles. The Morgan fingerprint density at radius 2 is 2.40 bits per heavy atom. The van der Waals surface area contributed by atoms with E-state index in [0.29, 0.717) is 6.61 Å². The van der Waals surface area contributed by atoms with E-state index in [1.54, 1.807) is 0 Å². The molecule has 2 rings (SSSR count). The van der Waals surface area contributed by atoms with Crippen LogP contribution in [-0.2, 0) is 9.47 Å². The molecule has 0 radical (unpaired) electrons. The van der Waals surface area contributed by atoms with Crippen LogP contribution in [0.25, 0.3) is 0 Å². The zero-order valence-corrected chi connectivity index (χ0v) is 5.36. The standard InChI is InChI=1S/C5H9N3O2/c6-2-1-9-4-3(2)10-5(7)8-4/h2-4H,1,6H2,(H2,7,8). The normalized spacial score (nSPS) is 44.5. The molecule has 2 heterocycles. The lowest BCUT2D eigenvalue weighted by molar-refractivity contribution is 0.0797. The summed E-state index contributed by atoms with van der Waals surface area (Å²) in [6.07, 6.45) is -0.407. The maximum absolute atomic E-state index is 5.60. The van der Waals surface area contributed by atoms with Gasteiger partial charge in [0.05, 0.1) is 12.6 Å². The highest BCUT2D eigenvalue weighted by Crippen LogP contribution is 2.21. The average molecular weight is 143 g/mol. The fourth-order valence-electron chi connectivity index (χ4n) is 1.16. The van der Waals surface area contributed by atoms with Crippen LogP contribution in [0.1, 0.15) is 0 Å². The molecule has 3 atom stereocenters. The molecular weight excluding hydrogens is 134 g/mol. The van der Waals surface area contributed by atoms with Gasteiger partial charge in [-0.2, -0.15) is 4.99 Å². The second-order valence-corrected chi connectivity index (χ2v) is 2.44. The van der Waals surface area contributed by atoms with Gasteiger partial charge < -0.3 is 20.9 Å². The Balaban J connectivity index is 2.14. The van der Waals surface area contributed by atoms with Gasteiger partial charge in [-0.25, -0.2) is 0 Å². The summed E-state index contributed by atoms with van der Waals surface area (Å²) in [7, 11) is 0. The predicted octanol–water partition coefficient (Wildman–Crippen LogP) is -1.62. The molecule has 5 nitrogen and oxygen atoms in total. The van der Waals surface area contributed by atoms with Crippen molar-refractivity contribution in [3.63, 3.8) is 0 Å². The molecule has 3 unspecified atom stereocenters. The van der Waals surface area contributed by atoms with Gasteiger partial charge >= 0.3 is 0 Å². The Kier molecular flexibility index (Phi) is 1.09. The smallest absolute Gasteiger partial charge is 0.285 e. The van der Waals surface area contributed by atoms with Gasteiger partial charge in [0.25, 0.3) is 6.02 Å². The number of nitrogens with two attached hydrogens (primary N) is 2. The van der Waals surface area contributed by atoms with Crippen LogP contribution in [0.4, 0.5) is 0 Å². The van der Waals surface area contributed by atoms with Gasteiger partial charge in [-0.05, 0) is 0 Å². The van der Waals surface area contributed by atoms with Crippen LogP contribution in [-0.4, -0.2) is 31.0 Å². The van der Waals surface area contributed by atoms with Crippen molar-refractivity contribution in [1.82, 2.24) is 0 Å². The summed E-state index contributed by atoms with van der Waals surface area (Å²) in [6.45, 7) is 0.506. The maximum atomic E-state index is 5.60. The minimum atomic E-state index is -0.255. The topological polar surface area (TPSA) is 82.9 Å². The predicted molar refractivity (Wildman–Crippen MR) is 34.2 cm³/mol. The number of aliphatic imine (C=N–C) groups is 1. The lowest BCUT2D eigenvalue weighted by Crippen LogP contribution is -2.37. The number of hydrogen-bond acceptors (Lipinski definition) is 5. The monoisotopic (exact) mass is 143 g/mol. The van der Waals surface area contributed by atoms with E-state index in [0.717, 1.165) is 0 Å². The second kappa shape index (κ2) is 1.83. The largest absolute Gasteiger partial charge is 0.455 e. The summed E-state index contributed by atoms with van der Waals surface area (Å²) in [5, 5.41) is 0. The summed E-state index contributed by atoms with van der Waals surface area (Å²) in [5.74, 6) is 0. The summed E-state index contributed by atoms with van der Waals surface area (Å²) in [4.78, 5) is 3.87. The fourth-order valence-corrected chi connectivity index (χ4v) is 1.16. The lowest BCUT2D eigenvalue weighted by atomic mass is 10.2. The van der Waals surface area contributed by atoms with E-state index in [9.17, 15) is 0 Å². The first kappa shape index (κ1) is 5.94. The first-order valence-corrected chi connectivity index (χ1v) is 3.14. The maximum Gasteiger partial charge on any atom is 0.285 e. The molecule has 1 fully saturated rings. The van der Waals surface area contributed by atoms with Gasteiger partial charge in [-0.3, -0.25) is 0 Å². The molecule has 5 heteroatoms. The molecule has 0 spiro atoms. The molecule has 0 aromatic carbocycles. The fraction of sp³-hybridized carbons (Fsp3) is 0.800. The van der Waals surface area contributed by atoms with Crippen molar-refractivity contribution in [3.05, 3.63) is 0 Å². The molecule has 0 saturated carbocycles. The summed E-state index contributed by atoms with van der Waals surface area (Å²) < 4.78 is 10.2. The molecule has 0 aliphatic carbocycles. The molecule has 0 bridgehead atoms. The van der Waals surface area contributed by atoms with Crippen LogP contribution in [0.15, 0.2) is 4.99 Å². The van der Waals surface area contributed by atoms with Crippen LogP contribution in [0.5, 0.6) is 0 Å². The number of amidine groups is 1. The van der Waals surface area contributed by atoms with E-state index in [1.807, 2.05) is 0 Å². The van der Waals surface area contributed by atoms with Crippen molar-refractivity contribution in [2.24, 2.45) is 16.5 Å². The van der Waals surface area contributed by atoms with Gasteiger partial charge in [0, 0.05) is 0 Å². The third-order valence-corrected chi connectivity index (χ3v) is 1.67. The van der Waals surface area contributed by atoms with E-state index in [1.165, 1.54) is 0 Å². The van der Waals surface area contributed by atoms with E-state index in [-0.39, 0.29) is 24.4 Å². The Hall–Kier alpha value is -0.810. The second-order valence-electron chi connectivity index (χ2n) is 2.44. The van der Waals surface area contributed by atoms with Gasteiger partial charge in [0.1, 0.15) is 0 Å². The van der Waals surface area contributed by atoms with Crippen LogP contribution in [0, 0.1) is 0 Å². The lowest BCUT2D eigenvalue weighted by Gasteiger charge is -2.09. The van der Waals surface area contributed by atoms with Crippen molar-refractivity contribution in [1.29, 1.82) is 0 Å². The van der Waals surface area contributed by atoms with Crippen molar-refractivity contribution >= 4 is 6.02 Å². The van der Waals surface area contributed by atoms with Crippen molar-refractivity contribution in [3.8, 4) is 0 Å². The molecule has 0 amide bonds. The molecule has 2 aliphatic rings.